The van der Waals surface area contributed by atoms with E-state index in [0.29, 0.717) is 22.4 Å². The maximum absolute atomic E-state index is 13.2. The lowest BCUT2D eigenvalue weighted by molar-refractivity contribution is 0.0742. The Morgan fingerprint density at radius 1 is 1.03 bits per heavy atom. The maximum atomic E-state index is 13.2. The first-order chi connectivity index (χ1) is 14.8. The van der Waals surface area contributed by atoms with Gasteiger partial charge >= 0.3 is 0 Å². The molecule has 1 unspecified atom stereocenters. The number of fused-ring (bicyclic) bond motifs is 1. The molecule has 31 heavy (non-hydrogen) atoms. The van der Waals surface area contributed by atoms with Gasteiger partial charge in [-0.1, -0.05) is 47.6 Å². The van der Waals surface area contributed by atoms with Gasteiger partial charge in [0.05, 0.1) is 16.3 Å². The molecule has 1 heterocycles. The number of nitrogens with zero attached hydrogens (tertiary/aromatic N) is 2. The van der Waals surface area contributed by atoms with E-state index in [2.05, 4.69) is 5.16 Å². The van der Waals surface area contributed by atoms with Crippen LogP contribution in [0.2, 0.25) is 0 Å². The predicted molar refractivity (Wildman–Crippen MR) is 118 cm³/mol. The van der Waals surface area contributed by atoms with Crippen molar-refractivity contribution in [3.63, 3.8) is 0 Å². The van der Waals surface area contributed by atoms with Crippen LogP contribution in [0.25, 0.3) is 22.2 Å². The molecular weight excluding hydrogens is 414 g/mol. The summed E-state index contributed by atoms with van der Waals surface area (Å²) < 4.78 is 28.8. The minimum atomic E-state index is -3.83. The summed E-state index contributed by atoms with van der Waals surface area (Å²) in [5.74, 6) is 0.387. The Morgan fingerprint density at radius 3 is 2.48 bits per heavy atom. The number of amides is 1. The Kier molecular flexibility index (Phi) is 5.34. The van der Waals surface area contributed by atoms with Crippen LogP contribution in [0.3, 0.4) is 0 Å². The Hall–Kier alpha value is -3.49. The van der Waals surface area contributed by atoms with Crippen molar-refractivity contribution in [3.8, 4) is 11.3 Å². The number of rotatable bonds is 5. The fourth-order valence-corrected chi connectivity index (χ4v) is 4.00. The van der Waals surface area contributed by atoms with Gasteiger partial charge < -0.3 is 9.42 Å². The first-order valence-corrected chi connectivity index (χ1v) is 11.1. The van der Waals surface area contributed by atoms with E-state index in [4.69, 9.17) is 9.66 Å². The van der Waals surface area contributed by atoms with Crippen molar-refractivity contribution in [2.75, 3.05) is 7.05 Å². The summed E-state index contributed by atoms with van der Waals surface area (Å²) in [5.41, 5.74) is 2.67. The molecule has 4 rings (SSSR count). The molecule has 0 radical (unpaired) electrons. The highest BCUT2D eigenvalue weighted by Crippen LogP contribution is 2.30. The number of primary sulfonamides is 1. The number of hydrogen-bond acceptors (Lipinski definition) is 5. The molecule has 0 saturated carbocycles. The van der Waals surface area contributed by atoms with Crippen LogP contribution in [0.4, 0.5) is 0 Å². The second-order valence-corrected chi connectivity index (χ2v) is 8.88. The van der Waals surface area contributed by atoms with E-state index >= 15 is 0 Å². The van der Waals surface area contributed by atoms with Crippen molar-refractivity contribution in [3.05, 3.63) is 83.9 Å². The summed E-state index contributed by atoms with van der Waals surface area (Å²) >= 11 is 0. The Balaban J connectivity index is 1.66. The Labute approximate surface area is 180 Å². The van der Waals surface area contributed by atoms with E-state index in [1.165, 1.54) is 12.1 Å². The fraction of sp³-hybridized carbons (Fsp3) is 0.130. The number of aromatic nitrogens is 1. The zero-order valence-electron chi connectivity index (χ0n) is 17.0. The first kappa shape index (κ1) is 20.8. The van der Waals surface area contributed by atoms with Gasteiger partial charge in [-0.25, -0.2) is 13.6 Å². The summed E-state index contributed by atoms with van der Waals surface area (Å²) in [5, 5.41) is 10.1. The minimum absolute atomic E-state index is 0.0103. The van der Waals surface area contributed by atoms with Gasteiger partial charge in [-0.3, -0.25) is 4.79 Å². The average molecular weight is 436 g/mol. The highest BCUT2D eigenvalue weighted by Gasteiger charge is 2.22. The van der Waals surface area contributed by atoms with Crippen LogP contribution >= 0.6 is 0 Å². The Morgan fingerprint density at radius 2 is 1.77 bits per heavy atom. The molecule has 3 aromatic carbocycles. The third-order valence-corrected chi connectivity index (χ3v) is 6.24. The van der Waals surface area contributed by atoms with Crippen molar-refractivity contribution in [1.29, 1.82) is 0 Å². The van der Waals surface area contributed by atoms with Crippen molar-refractivity contribution in [2.24, 2.45) is 5.14 Å². The summed E-state index contributed by atoms with van der Waals surface area (Å²) in [7, 11) is -2.15. The van der Waals surface area contributed by atoms with E-state index in [0.717, 1.165) is 10.9 Å². The lowest BCUT2D eigenvalue weighted by atomic mass is 10.0. The third kappa shape index (κ3) is 4.08. The number of carbonyl (C=O) groups excluding carboxylic acids is 1. The predicted octanol–water partition coefficient (Wildman–Crippen LogP) is 3.98. The zero-order valence-corrected chi connectivity index (χ0v) is 17.8. The molecular formula is C23H21N3O4S. The molecule has 8 heteroatoms. The monoisotopic (exact) mass is 435 g/mol. The largest absolute Gasteiger partial charge is 0.355 e. The third-order valence-electron chi connectivity index (χ3n) is 5.33. The summed E-state index contributed by atoms with van der Waals surface area (Å²) in [6.07, 6.45) is 0. The van der Waals surface area contributed by atoms with Crippen LogP contribution < -0.4 is 5.14 Å². The van der Waals surface area contributed by atoms with E-state index in [1.807, 2.05) is 37.3 Å². The van der Waals surface area contributed by atoms with Crippen LogP contribution in [0, 0.1) is 0 Å². The van der Waals surface area contributed by atoms with E-state index in [-0.39, 0.29) is 16.8 Å². The zero-order chi connectivity index (χ0) is 22.2. The minimum Gasteiger partial charge on any atom is -0.355 e. The second-order valence-electron chi connectivity index (χ2n) is 7.32. The molecule has 2 N–H and O–H groups in total. The van der Waals surface area contributed by atoms with Crippen molar-refractivity contribution >= 4 is 26.8 Å². The van der Waals surface area contributed by atoms with Gasteiger partial charge in [0.25, 0.3) is 5.91 Å². The molecule has 1 aromatic heterocycles. The number of carbonyl (C=O) groups is 1. The van der Waals surface area contributed by atoms with Crippen molar-refractivity contribution < 1.29 is 17.7 Å². The molecule has 0 spiro atoms. The summed E-state index contributed by atoms with van der Waals surface area (Å²) in [6, 6.07) is 20.7. The SMILES string of the molecule is CC(c1cccc(S(N)(=O)=O)c1)N(C)C(=O)c1ccc2noc(-c3ccccc3)c2c1. The van der Waals surface area contributed by atoms with Crippen LogP contribution in [-0.2, 0) is 10.0 Å². The van der Waals surface area contributed by atoms with Crippen LogP contribution in [-0.4, -0.2) is 31.4 Å². The van der Waals surface area contributed by atoms with Crippen molar-refractivity contribution in [1.82, 2.24) is 10.1 Å². The van der Waals surface area contributed by atoms with Gasteiger partial charge in [0.15, 0.2) is 5.76 Å². The molecule has 1 atom stereocenters. The summed E-state index contributed by atoms with van der Waals surface area (Å²) in [4.78, 5) is 14.8. The maximum Gasteiger partial charge on any atom is 0.254 e. The smallest absolute Gasteiger partial charge is 0.254 e. The number of hydrogen-bond donors (Lipinski definition) is 1. The van der Waals surface area contributed by atoms with Gasteiger partial charge in [0.2, 0.25) is 10.0 Å². The van der Waals surface area contributed by atoms with Crippen LogP contribution in [0.1, 0.15) is 28.9 Å². The molecule has 0 aliphatic heterocycles. The van der Waals surface area contributed by atoms with Gasteiger partial charge in [0, 0.05) is 18.2 Å². The average Bonchev–Trinajstić information content (AvgIpc) is 3.21. The van der Waals surface area contributed by atoms with Crippen LogP contribution in [0.15, 0.2) is 82.2 Å². The van der Waals surface area contributed by atoms with Crippen LogP contribution in [0.5, 0.6) is 0 Å². The summed E-state index contributed by atoms with van der Waals surface area (Å²) in [6.45, 7) is 1.83. The molecule has 1 amide bonds. The quantitative estimate of drug-likeness (QED) is 0.510. The number of nitrogens with two attached hydrogens (primary N) is 1. The molecule has 4 aromatic rings. The fourth-order valence-electron chi connectivity index (χ4n) is 3.43. The standard InChI is InChI=1S/C23H21N3O4S/c1-15(17-9-6-10-19(13-17)31(24,28)29)26(2)23(27)18-11-12-21-20(14-18)22(30-25-21)16-7-4-3-5-8-16/h3-15H,1-2H3,(H2,24,28,29). The topological polar surface area (TPSA) is 106 Å². The van der Waals surface area contributed by atoms with Gasteiger partial charge in [-0.2, -0.15) is 0 Å². The Bertz CT molecular complexity index is 1360. The lowest BCUT2D eigenvalue weighted by Gasteiger charge is -2.25. The van der Waals surface area contributed by atoms with E-state index in [9.17, 15) is 13.2 Å². The molecule has 7 nitrogen and oxygen atoms in total. The van der Waals surface area contributed by atoms with Gasteiger partial charge in [-0.05, 0) is 42.8 Å². The molecule has 0 aliphatic carbocycles. The van der Waals surface area contributed by atoms with E-state index in [1.54, 1.807) is 42.3 Å². The second kappa shape index (κ2) is 7.98. The lowest BCUT2D eigenvalue weighted by Crippen LogP contribution is -2.29. The van der Waals surface area contributed by atoms with Gasteiger partial charge in [-0.15, -0.1) is 0 Å². The van der Waals surface area contributed by atoms with E-state index < -0.39 is 10.0 Å². The van der Waals surface area contributed by atoms with Gasteiger partial charge in [0.1, 0.15) is 5.52 Å². The number of benzene rings is 3. The molecule has 0 aliphatic rings. The normalized spacial score (nSPS) is 12.6. The highest BCUT2D eigenvalue weighted by molar-refractivity contribution is 7.89. The number of sulfonamides is 1. The molecule has 158 valence electrons. The molecule has 0 fully saturated rings. The van der Waals surface area contributed by atoms with Crippen molar-refractivity contribution in [2.45, 2.75) is 17.9 Å². The highest BCUT2D eigenvalue weighted by atomic mass is 32.2. The first-order valence-electron chi connectivity index (χ1n) is 9.60. The molecule has 0 bridgehead atoms. The molecule has 0 saturated heterocycles.